The summed E-state index contributed by atoms with van der Waals surface area (Å²) in [6.07, 6.45) is 3.95. The molecule has 0 atom stereocenters. The predicted octanol–water partition coefficient (Wildman–Crippen LogP) is 4.11. The number of hydrogen-bond acceptors (Lipinski definition) is 2. The van der Waals surface area contributed by atoms with Crippen LogP contribution in [0.25, 0.3) is 0 Å². The quantitative estimate of drug-likeness (QED) is 0.437. The molecule has 0 aliphatic rings. The van der Waals surface area contributed by atoms with Gasteiger partial charge in [0.25, 0.3) is 0 Å². The molecule has 2 rings (SSSR count). The van der Waals surface area contributed by atoms with E-state index in [2.05, 4.69) is 6.58 Å². The average Bonchev–Trinajstić information content (AvgIpc) is 2.60. The Hall–Kier alpha value is -2.05. The molecule has 0 heterocycles. The summed E-state index contributed by atoms with van der Waals surface area (Å²) < 4.78 is 19.5. The normalized spacial score (nSPS) is 12.0. The third-order valence-corrected chi connectivity index (χ3v) is 6.46. The number of benzene rings is 2. The van der Waals surface area contributed by atoms with E-state index in [0.717, 1.165) is 16.4 Å². The molecular formula is C19H21O2P. The number of hydrogen-bond donors (Lipinski definition) is 0. The third kappa shape index (κ3) is 3.78. The van der Waals surface area contributed by atoms with E-state index in [1.54, 1.807) is 6.08 Å². The molecule has 0 saturated carbocycles. The van der Waals surface area contributed by atoms with Gasteiger partial charge in [-0.1, -0.05) is 73.3 Å². The molecule has 2 aromatic carbocycles. The maximum absolute atomic E-state index is 13.8. The topological polar surface area (TPSA) is 26.3 Å². The van der Waals surface area contributed by atoms with Crippen molar-refractivity contribution >= 4 is 17.8 Å². The summed E-state index contributed by atoms with van der Waals surface area (Å²) in [6.45, 7) is 5.98. The lowest BCUT2D eigenvalue weighted by Crippen LogP contribution is -2.20. The lowest BCUT2D eigenvalue weighted by Gasteiger charge is -2.21. The lowest BCUT2D eigenvalue weighted by atomic mass is 10.4. The van der Waals surface area contributed by atoms with Gasteiger partial charge in [-0.2, -0.15) is 0 Å². The Bertz CT molecular complexity index is 632. The highest BCUT2D eigenvalue weighted by Gasteiger charge is 2.28. The largest absolute Gasteiger partial charge is 0.494 e. The van der Waals surface area contributed by atoms with Gasteiger partial charge in [-0.15, -0.1) is 0 Å². The molecule has 0 saturated heterocycles. The van der Waals surface area contributed by atoms with Crippen LogP contribution in [0.4, 0.5) is 0 Å². The van der Waals surface area contributed by atoms with Crippen LogP contribution in [0.1, 0.15) is 6.92 Å². The van der Waals surface area contributed by atoms with E-state index in [1.807, 2.05) is 73.7 Å². The zero-order valence-electron chi connectivity index (χ0n) is 12.8. The molecule has 3 heteroatoms. The molecular weight excluding hydrogens is 291 g/mol. The SMILES string of the molecule is C=CCO/C(=C/C)CP(=O)(c1ccccc1)c1ccccc1. The van der Waals surface area contributed by atoms with Crippen molar-refractivity contribution < 1.29 is 9.30 Å². The Morgan fingerprint density at radius 3 is 1.95 bits per heavy atom. The summed E-state index contributed by atoms with van der Waals surface area (Å²) in [4.78, 5) is 0. The average molecular weight is 312 g/mol. The van der Waals surface area contributed by atoms with Crippen molar-refractivity contribution in [1.82, 2.24) is 0 Å². The third-order valence-electron chi connectivity index (χ3n) is 3.43. The monoisotopic (exact) mass is 312 g/mol. The Labute approximate surface area is 132 Å². The zero-order valence-corrected chi connectivity index (χ0v) is 13.7. The number of allylic oxidation sites excluding steroid dienone is 2. The van der Waals surface area contributed by atoms with Gasteiger partial charge in [-0.25, -0.2) is 0 Å². The fourth-order valence-corrected chi connectivity index (χ4v) is 4.96. The second-order valence-corrected chi connectivity index (χ2v) is 7.75. The Balaban J connectivity index is 2.43. The molecule has 0 spiro atoms. The maximum atomic E-state index is 13.8. The van der Waals surface area contributed by atoms with Gasteiger partial charge in [0.15, 0.2) is 7.14 Å². The van der Waals surface area contributed by atoms with Crippen LogP contribution in [0, 0.1) is 0 Å². The predicted molar refractivity (Wildman–Crippen MR) is 94.5 cm³/mol. The van der Waals surface area contributed by atoms with Crippen molar-refractivity contribution in [1.29, 1.82) is 0 Å². The van der Waals surface area contributed by atoms with Crippen molar-refractivity contribution in [3.63, 3.8) is 0 Å². The number of rotatable bonds is 7. The summed E-state index contributed by atoms with van der Waals surface area (Å²) in [5, 5.41) is 1.70. The van der Waals surface area contributed by atoms with Crippen LogP contribution in [0.3, 0.4) is 0 Å². The molecule has 0 amide bonds. The van der Waals surface area contributed by atoms with Crippen LogP contribution in [0.5, 0.6) is 0 Å². The second-order valence-electron chi connectivity index (χ2n) is 4.92. The fourth-order valence-electron chi connectivity index (χ4n) is 2.27. The van der Waals surface area contributed by atoms with Gasteiger partial charge in [0.1, 0.15) is 12.4 Å². The van der Waals surface area contributed by atoms with Crippen LogP contribution >= 0.6 is 7.14 Å². The smallest absolute Gasteiger partial charge is 0.150 e. The van der Waals surface area contributed by atoms with Crippen LogP contribution in [0.15, 0.2) is 85.2 Å². The van der Waals surface area contributed by atoms with E-state index in [9.17, 15) is 4.57 Å². The molecule has 0 N–H and O–H groups in total. The van der Waals surface area contributed by atoms with Crippen molar-refractivity contribution in [2.75, 3.05) is 12.8 Å². The van der Waals surface area contributed by atoms with Gasteiger partial charge in [-0.05, 0) is 13.0 Å². The molecule has 114 valence electrons. The van der Waals surface area contributed by atoms with Crippen molar-refractivity contribution in [2.45, 2.75) is 6.92 Å². The molecule has 2 nitrogen and oxygen atoms in total. The number of ether oxygens (including phenoxy) is 1. The maximum Gasteiger partial charge on any atom is 0.150 e. The van der Waals surface area contributed by atoms with Crippen LogP contribution in [0.2, 0.25) is 0 Å². The standard InChI is InChI=1S/C19H21O2P/c1-3-15-21-17(4-2)16-22(20,18-11-7-5-8-12-18)19-13-9-6-10-14-19/h3-14H,1,15-16H2,2H3/b17-4+. The molecule has 22 heavy (non-hydrogen) atoms. The van der Waals surface area contributed by atoms with E-state index in [-0.39, 0.29) is 0 Å². The highest BCUT2D eigenvalue weighted by molar-refractivity contribution is 7.78. The second kappa shape index (κ2) is 7.82. The van der Waals surface area contributed by atoms with Gasteiger partial charge in [0.05, 0.1) is 6.16 Å². The van der Waals surface area contributed by atoms with Crippen LogP contribution in [-0.4, -0.2) is 12.8 Å². The Kier molecular flexibility index (Phi) is 5.80. The summed E-state index contributed by atoms with van der Waals surface area (Å²) in [7, 11) is -2.76. The van der Waals surface area contributed by atoms with Gasteiger partial charge in [0, 0.05) is 10.6 Å². The minimum Gasteiger partial charge on any atom is -0.494 e. The van der Waals surface area contributed by atoms with E-state index in [4.69, 9.17) is 4.74 Å². The fraction of sp³-hybridized carbons (Fsp3) is 0.158. The van der Waals surface area contributed by atoms with Gasteiger partial charge in [-0.3, -0.25) is 0 Å². The first-order valence-electron chi connectivity index (χ1n) is 7.30. The molecule has 2 aromatic rings. The van der Waals surface area contributed by atoms with E-state index < -0.39 is 7.14 Å². The molecule has 0 radical (unpaired) electrons. The first-order valence-corrected chi connectivity index (χ1v) is 9.19. The van der Waals surface area contributed by atoms with Gasteiger partial charge < -0.3 is 9.30 Å². The lowest BCUT2D eigenvalue weighted by molar-refractivity contribution is 0.250. The minimum atomic E-state index is -2.76. The zero-order chi connectivity index (χ0) is 15.8. The van der Waals surface area contributed by atoms with Crippen molar-refractivity contribution in [2.24, 2.45) is 0 Å². The molecule has 0 unspecified atom stereocenters. The first kappa shape index (κ1) is 16.3. The minimum absolute atomic E-state index is 0.380. The molecule has 0 bridgehead atoms. The summed E-state index contributed by atoms with van der Waals surface area (Å²) >= 11 is 0. The highest BCUT2D eigenvalue weighted by Crippen LogP contribution is 2.45. The van der Waals surface area contributed by atoms with E-state index in [1.165, 1.54) is 0 Å². The summed E-state index contributed by atoms with van der Waals surface area (Å²) in [6, 6.07) is 19.3. The molecule has 0 aliphatic carbocycles. The summed E-state index contributed by atoms with van der Waals surface area (Å²) in [5.41, 5.74) is 0. The van der Waals surface area contributed by atoms with Crippen LogP contribution < -0.4 is 10.6 Å². The van der Waals surface area contributed by atoms with Gasteiger partial charge in [0.2, 0.25) is 0 Å². The summed E-state index contributed by atoms with van der Waals surface area (Å²) in [5.74, 6) is 0.732. The van der Waals surface area contributed by atoms with Crippen molar-refractivity contribution in [3.05, 3.63) is 85.2 Å². The Morgan fingerprint density at radius 1 is 1.05 bits per heavy atom. The van der Waals surface area contributed by atoms with Crippen LogP contribution in [-0.2, 0) is 9.30 Å². The first-order chi connectivity index (χ1) is 10.7. The van der Waals surface area contributed by atoms with E-state index >= 15 is 0 Å². The molecule has 0 aromatic heterocycles. The highest BCUT2D eigenvalue weighted by atomic mass is 31.2. The Morgan fingerprint density at radius 2 is 1.55 bits per heavy atom. The van der Waals surface area contributed by atoms with Gasteiger partial charge >= 0.3 is 0 Å². The van der Waals surface area contributed by atoms with Crippen molar-refractivity contribution in [3.8, 4) is 0 Å². The van der Waals surface area contributed by atoms with E-state index in [0.29, 0.717) is 12.8 Å². The molecule has 0 aliphatic heterocycles. The molecule has 0 fully saturated rings.